The van der Waals surface area contributed by atoms with Crippen LogP contribution in [0.2, 0.25) is 0 Å². The third-order valence-electron chi connectivity index (χ3n) is 6.26. The zero-order valence-corrected chi connectivity index (χ0v) is 17.1. The number of hydrogen-bond donors (Lipinski definition) is 2. The highest BCUT2D eigenvalue weighted by atomic mass is 16.4. The van der Waals surface area contributed by atoms with E-state index in [1.165, 1.54) is 0 Å². The van der Waals surface area contributed by atoms with Crippen molar-refractivity contribution in [3.63, 3.8) is 0 Å². The minimum Gasteiger partial charge on any atom is -0.480 e. The van der Waals surface area contributed by atoms with Gasteiger partial charge in [0, 0.05) is 12.2 Å². The van der Waals surface area contributed by atoms with E-state index in [-0.39, 0.29) is 12.5 Å². The molecule has 3 heterocycles. The second-order valence-electron chi connectivity index (χ2n) is 8.08. The van der Waals surface area contributed by atoms with E-state index >= 15 is 0 Å². The second kappa shape index (κ2) is 8.01. The van der Waals surface area contributed by atoms with Crippen LogP contribution in [-0.4, -0.2) is 38.8 Å². The number of imide groups is 1. The van der Waals surface area contributed by atoms with Gasteiger partial charge in [0.2, 0.25) is 11.8 Å². The van der Waals surface area contributed by atoms with Crippen LogP contribution >= 0.6 is 0 Å². The predicted molar refractivity (Wildman–Crippen MR) is 116 cm³/mol. The normalized spacial score (nSPS) is 24.6. The highest BCUT2D eigenvalue weighted by molar-refractivity contribution is 6.08. The number of likely N-dealkylation sites (tertiary alicyclic amines) is 1. The van der Waals surface area contributed by atoms with Crippen LogP contribution < -0.4 is 5.32 Å². The average Bonchev–Trinajstić information content (AvgIpc) is 3.33. The molecule has 4 unspecified atom stereocenters. The van der Waals surface area contributed by atoms with Gasteiger partial charge in [-0.1, -0.05) is 60.7 Å². The lowest BCUT2D eigenvalue weighted by Gasteiger charge is -2.21. The van der Waals surface area contributed by atoms with E-state index in [0.29, 0.717) is 5.69 Å². The van der Waals surface area contributed by atoms with Crippen molar-refractivity contribution in [3.8, 4) is 11.1 Å². The molecule has 0 radical (unpaired) electrons. The molecule has 160 valence electrons. The van der Waals surface area contributed by atoms with Gasteiger partial charge in [0.25, 0.3) is 0 Å². The van der Waals surface area contributed by atoms with Crippen molar-refractivity contribution in [3.05, 3.63) is 90.3 Å². The number of nitrogens with one attached hydrogen (secondary N) is 1. The molecule has 3 aromatic rings. The fourth-order valence-corrected chi connectivity index (χ4v) is 4.73. The van der Waals surface area contributed by atoms with E-state index in [1.807, 2.05) is 54.6 Å². The Kier molecular flexibility index (Phi) is 5.03. The molecule has 2 aliphatic rings. The molecule has 2 N–H and O–H groups in total. The Morgan fingerprint density at radius 3 is 2.19 bits per heavy atom. The van der Waals surface area contributed by atoms with Gasteiger partial charge < -0.3 is 5.11 Å². The molecule has 7 heteroatoms. The Labute approximate surface area is 184 Å². The lowest BCUT2D eigenvalue weighted by molar-refractivity contribution is -0.146. The van der Waals surface area contributed by atoms with Crippen LogP contribution in [0.25, 0.3) is 11.1 Å². The molecule has 2 aromatic carbocycles. The van der Waals surface area contributed by atoms with Gasteiger partial charge in [-0.05, 0) is 28.8 Å². The molecule has 0 aliphatic carbocycles. The predicted octanol–water partition coefficient (Wildman–Crippen LogP) is 2.65. The molecule has 2 fully saturated rings. The molecule has 5 rings (SSSR count). The quantitative estimate of drug-likeness (QED) is 0.608. The van der Waals surface area contributed by atoms with Crippen LogP contribution in [0, 0.1) is 11.8 Å². The van der Waals surface area contributed by atoms with E-state index in [0.717, 1.165) is 21.6 Å². The SMILES string of the molecule is O=C(O)C1NC(c2ccc(-c3ccccc3)cc2)C2C(=O)N(Cc3ccccn3)C(=O)C12. The number of rotatable bonds is 5. The molecule has 1 aromatic heterocycles. The first-order valence-electron chi connectivity index (χ1n) is 10.4. The molecular formula is C25H21N3O4. The third kappa shape index (κ3) is 3.36. The minimum absolute atomic E-state index is 0.0392. The molecule has 0 saturated carbocycles. The number of carbonyl (C=O) groups excluding carboxylic acids is 2. The molecule has 4 atom stereocenters. The Hall–Kier alpha value is -3.84. The Morgan fingerprint density at radius 2 is 1.53 bits per heavy atom. The fraction of sp³-hybridized carbons (Fsp3) is 0.200. The summed E-state index contributed by atoms with van der Waals surface area (Å²) in [4.78, 5) is 43.7. The number of aliphatic carboxylic acids is 1. The van der Waals surface area contributed by atoms with E-state index in [9.17, 15) is 19.5 Å². The number of nitrogens with zero attached hydrogens (tertiary/aromatic N) is 2. The number of amides is 2. The first-order valence-corrected chi connectivity index (χ1v) is 10.4. The first-order chi connectivity index (χ1) is 15.5. The zero-order chi connectivity index (χ0) is 22.2. The van der Waals surface area contributed by atoms with Crippen LogP contribution in [0.1, 0.15) is 17.3 Å². The number of benzene rings is 2. The lowest BCUT2D eigenvalue weighted by atomic mass is 9.86. The van der Waals surface area contributed by atoms with Gasteiger partial charge in [0.05, 0.1) is 24.1 Å². The Bertz CT molecular complexity index is 1160. The zero-order valence-electron chi connectivity index (χ0n) is 17.1. The maximum Gasteiger partial charge on any atom is 0.321 e. The molecule has 2 amide bonds. The highest BCUT2D eigenvalue weighted by Gasteiger charge is 2.60. The van der Waals surface area contributed by atoms with E-state index < -0.39 is 35.8 Å². The summed E-state index contributed by atoms with van der Waals surface area (Å²) >= 11 is 0. The molecule has 0 bridgehead atoms. The van der Waals surface area contributed by atoms with Crippen LogP contribution in [0.5, 0.6) is 0 Å². The van der Waals surface area contributed by atoms with Gasteiger partial charge in [0.1, 0.15) is 6.04 Å². The van der Waals surface area contributed by atoms with Crippen molar-refractivity contribution in [2.75, 3.05) is 0 Å². The molecule has 0 spiro atoms. The van der Waals surface area contributed by atoms with Crippen molar-refractivity contribution < 1.29 is 19.5 Å². The largest absolute Gasteiger partial charge is 0.480 e. The van der Waals surface area contributed by atoms with E-state index in [1.54, 1.807) is 24.4 Å². The van der Waals surface area contributed by atoms with Gasteiger partial charge in [-0.2, -0.15) is 0 Å². The summed E-state index contributed by atoms with van der Waals surface area (Å²) in [5.74, 6) is -3.67. The maximum absolute atomic E-state index is 13.3. The standard InChI is InChI=1S/C25H21N3O4/c29-23-19-20(24(30)28(23)14-18-8-4-5-13-26-18)22(25(31)32)27-21(19)17-11-9-16(10-12-17)15-6-2-1-3-7-15/h1-13,19-22,27H,14H2,(H,31,32). The second-order valence-corrected chi connectivity index (χ2v) is 8.08. The summed E-state index contributed by atoms with van der Waals surface area (Å²) in [5.41, 5.74) is 3.44. The number of pyridine rings is 1. The van der Waals surface area contributed by atoms with Gasteiger partial charge in [-0.25, -0.2) is 0 Å². The fourth-order valence-electron chi connectivity index (χ4n) is 4.73. The molecule has 2 aliphatic heterocycles. The monoisotopic (exact) mass is 427 g/mol. The lowest BCUT2D eigenvalue weighted by Crippen LogP contribution is -2.42. The smallest absolute Gasteiger partial charge is 0.321 e. The number of carboxylic acids is 1. The highest BCUT2D eigenvalue weighted by Crippen LogP contribution is 2.44. The Morgan fingerprint density at radius 1 is 0.875 bits per heavy atom. The molecule has 32 heavy (non-hydrogen) atoms. The van der Waals surface area contributed by atoms with Crippen molar-refractivity contribution in [2.45, 2.75) is 18.6 Å². The minimum atomic E-state index is -1.13. The number of carboxylic acid groups (broad SMARTS) is 1. The summed E-state index contributed by atoms with van der Waals surface area (Å²) in [6.45, 7) is 0.0392. The maximum atomic E-state index is 13.3. The number of aromatic nitrogens is 1. The van der Waals surface area contributed by atoms with E-state index in [4.69, 9.17) is 0 Å². The summed E-state index contributed by atoms with van der Waals surface area (Å²) in [6, 6.07) is 21.2. The van der Waals surface area contributed by atoms with Gasteiger partial charge in [-0.15, -0.1) is 0 Å². The topological polar surface area (TPSA) is 99.6 Å². The average molecular weight is 427 g/mol. The van der Waals surface area contributed by atoms with Crippen LogP contribution in [0.15, 0.2) is 79.0 Å². The number of carbonyl (C=O) groups is 3. The van der Waals surface area contributed by atoms with Crippen molar-refractivity contribution in [2.24, 2.45) is 11.8 Å². The van der Waals surface area contributed by atoms with Gasteiger partial charge in [0.15, 0.2) is 0 Å². The van der Waals surface area contributed by atoms with Crippen molar-refractivity contribution in [1.29, 1.82) is 0 Å². The first kappa shape index (κ1) is 20.1. The van der Waals surface area contributed by atoms with Gasteiger partial charge in [-0.3, -0.25) is 29.6 Å². The number of fused-ring (bicyclic) bond motifs is 1. The van der Waals surface area contributed by atoms with Crippen LogP contribution in [0.3, 0.4) is 0 Å². The Balaban J connectivity index is 1.46. The van der Waals surface area contributed by atoms with Crippen molar-refractivity contribution >= 4 is 17.8 Å². The number of hydrogen-bond acceptors (Lipinski definition) is 5. The van der Waals surface area contributed by atoms with Crippen LogP contribution in [-0.2, 0) is 20.9 Å². The molecule has 2 saturated heterocycles. The van der Waals surface area contributed by atoms with Crippen LogP contribution in [0.4, 0.5) is 0 Å². The molecule has 7 nitrogen and oxygen atoms in total. The van der Waals surface area contributed by atoms with E-state index in [2.05, 4.69) is 10.3 Å². The van der Waals surface area contributed by atoms with Crippen molar-refractivity contribution in [1.82, 2.24) is 15.2 Å². The summed E-state index contributed by atoms with van der Waals surface area (Å²) in [6.07, 6.45) is 1.60. The third-order valence-corrected chi connectivity index (χ3v) is 6.26. The molecular weight excluding hydrogens is 406 g/mol. The summed E-state index contributed by atoms with van der Waals surface area (Å²) < 4.78 is 0. The van der Waals surface area contributed by atoms with Gasteiger partial charge >= 0.3 is 5.97 Å². The summed E-state index contributed by atoms with van der Waals surface area (Å²) in [5, 5.41) is 12.8. The summed E-state index contributed by atoms with van der Waals surface area (Å²) in [7, 11) is 0.